The first-order valence-electron chi connectivity index (χ1n) is 8.20. The van der Waals surface area contributed by atoms with Gasteiger partial charge in [0, 0.05) is 13.0 Å². The van der Waals surface area contributed by atoms with E-state index in [0.717, 1.165) is 39.3 Å². The number of para-hydroxylation sites is 1. The van der Waals surface area contributed by atoms with E-state index in [0.29, 0.717) is 28.4 Å². The number of ether oxygens (including phenoxy) is 1. The van der Waals surface area contributed by atoms with Crippen LogP contribution in [0.2, 0.25) is 0 Å². The van der Waals surface area contributed by atoms with Crippen molar-refractivity contribution in [2.24, 2.45) is 0 Å². The zero-order chi connectivity index (χ0) is 16.8. The van der Waals surface area contributed by atoms with Crippen molar-refractivity contribution in [3.8, 4) is 6.07 Å². The summed E-state index contributed by atoms with van der Waals surface area (Å²) in [5, 5.41) is 10.1. The lowest BCUT2D eigenvalue weighted by Gasteiger charge is -2.23. The van der Waals surface area contributed by atoms with Crippen LogP contribution in [0, 0.1) is 11.3 Å². The van der Waals surface area contributed by atoms with E-state index in [9.17, 15) is 4.79 Å². The number of quaternary nitrogens is 1. The zero-order valence-electron chi connectivity index (χ0n) is 13.5. The normalized spacial score (nSPS) is 15.5. The fraction of sp³-hybridized carbons (Fsp3) is 0.471. The third-order valence-corrected chi connectivity index (χ3v) is 5.05. The Morgan fingerprint density at radius 1 is 1.33 bits per heavy atom. The molecule has 0 aliphatic carbocycles. The summed E-state index contributed by atoms with van der Waals surface area (Å²) < 4.78 is 7.10. The summed E-state index contributed by atoms with van der Waals surface area (Å²) in [4.78, 5) is 18.9. The van der Waals surface area contributed by atoms with Crippen LogP contribution in [-0.2, 0) is 11.3 Å². The molecule has 1 aromatic heterocycles. The van der Waals surface area contributed by atoms with Crippen molar-refractivity contribution in [2.75, 3.05) is 38.6 Å². The van der Waals surface area contributed by atoms with Crippen LogP contribution in [0.5, 0.6) is 0 Å². The fourth-order valence-corrected chi connectivity index (χ4v) is 3.64. The maximum absolute atomic E-state index is 12.8. The maximum atomic E-state index is 12.8. The number of aromatic nitrogens is 2. The van der Waals surface area contributed by atoms with E-state index in [1.165, 1.54) is 16.7 Å². The Morgan fingerprint density at radius 2 is 2.12 bits per heavy atom. The number of nitriles is 1. The van der Waals surface area contributed by atoms with Crippen LogP contribution in [0.3, 0.4) is 0 Å². The summed E-state index contributed by atoms with van der Waals surface area (Å²) in [6.07, 6.45) is 0.912. The van der Waals surface area contributed by atoms with Gasteiger partial charge in [0.05, 0.1) is 42.5 Å². The van der Waals surface area contributed by atoms with Gasteiger partial charge in [0.25, 0.3) is 5.56 Å². The molecule has 1 aliphatic heterocycles. The molecule has 24 heavy (non-hydrogen) atoms. The molecule has 0 amide bonds. The topological polar surface area (TPSA) is 72.3 Å². The Bertz CT molecular complexity index is 793. The van der Waals surface area contributed by atoms with E-state index >= 15 is 0 Å². The molecule has 1 aliphatic rings. The summed E-state index contributed by atoms with van der Waals surface area (Å²) >= 11 is 1.33. The molecule has 126 valence electrons. The number of morpholine rings is 1. The average molecular weight is 345 g/mol. The van der Waals surface area contributed by atoms with Gasteiger partial charge in [-0.1, -0.05) is 23.9 Å². The second-order valence-electron chi connectivity index (χ2n) is 5.78. The summed E-state index contributed by atoms with van der Waals surface area (Å²) in [7, 11) is 0. The SMILES string of the molecule is N#CCSc1nc2ccccc2c(=O)n1CCC[NH+]1CCOCC1. The van der Waals surface area contributed by atoms with Gasteiger partial charge in [-0.15, -0.1) is 0 Å². The lowest BCUT2D eigenvalue weighted by Crippen LogP contribution is -3.14. The van der Waals surface area contributed by atoms with Crippen LogP contribution < -0.4 is 10.5 Å². The largest absolute Gasteiger partial charge is 0.370 e. The molecule has 1 aromatic carbocycles. The van der Waals surface area contributed by atoms with Crippen LogP contribution in [0.15, 0.2) is 34.2 Å². The van der Waals surface area contributed by atoms with Gasteiger partial charge >= 0.3 is 0 Å². The standard InChI is InChI=1S/C17H20N4O2S/c18-6-13-24-17-19-15-5-2-1-4-14(15)16(22)21(17)8-3-7-20-9-11-23-12-10-20/h1-2,4-5H,3,7-13H2/p+1. The summed E-state index contributed by atoms with van der Waals surface area (Å²) in [6.45, 7) is 5.34. The lowest BCUT2D eigenvalue weighted by molar-refractivity contribution is -0.908. The second kappa shape index (κ2) is 8.29. The second-order valence-corrected chi connectivity index (χ2v) is 6.72. The molecule has 0 bridgehead atoms. The lowest BCUT2D eigenvalue weighted by atomic mass is 10.2. The van der Waals surface area contributed by atoms with Crippen molar-refractivity contribution in [3.63, 3.8) is 0 Å². The molecular formula is C17H21N4O2S+. The highest BCUT2D eigenvalue weighted by atomic mass is 32.2. The number of benzene rings is 1. The van der Waals surface area contributed by atoms with Crippen LogP contribution in [0.1, 0.15) is 6.42 Å². The number of hydrogen-bond acceptors (Lipinski definition) is 5. The highest BCUT2D eigenvalue weighted by Gasteiger charge is 2.15. The highest BCUT2D eigenvalue weighted by molar-refractivity contribution is 7.99. The van der Waals surface area contributed by atoms with E-state index in [-0.39, 0.29) is 5.56 Å². The van der Waals surface area contributed by atoms with Crippen LogP contribution >= 0.6 is 11.8 Å². The van der Waals surface area contributed by atoms with Crippen molar-refractivity contribution in [3.05, 3.63) is 34.6 Å². The van der Waals surface area contributed by atoms with Crippen molar-refractivity contribution in [1.82, 2.24) is 9.55 Å². The predicted octanol–water partition coefficient (Wildman–Crippen LogP) is 0.317. The quantitative estimate of drug-likeness (QED) is 0.603. The van der Waals surface area contributed by atoms with Crippen molar-refractivity contribution in [2.45, 2.75) is 18.1 Å². The van der Waals surface area contributed by atoms with Gasteiger partial charge < -0.3 is 9.64 Å². The molecule has 1 fully saturated rings. The number of fused-ring (bicyclic) bond motifs is 1. The van der Waals surface area contributed by atoms with Crippen molar-refractivity contribution < 1.29 is 9.64 Å². The smallest absolute Gasteiger partial charge is 0.262 e. The molecule has 7 heteroatoms. The van der Waals surface area contributed by atoms with Crippen molar-refractivity contribution >= 4 is 22.7 Å². The monoisotopic (exact) mass is 345 g/mol. The Balaban J connectivity index is 1.80. The van der Waals surface area contributed by atoms with Crippen molar-refractivity contribution in [1.29, 1.82) is 5.26 Å². The number of hydrogen-bond donors (Lipinski definition) is 1. The fourth-order valence-electron chi connectivity index (χ4n) is 2.95. The van der Waals surface area contributed by atoms with Crippen LogP contribution in [0.25, 0.3) is 10.9 Å². The number of thioether (sulfide) groups is 1. The molecule has 0 unspecified atom stereocenters. The number of nitrogens with zero attached hydrogens (tertiary/aromatic N) is 3. The third-order valence-electron chi connectivity index (χ3n) is 4.20. The Hall–Kier alpha value is -1.88. The van der Waals surface area contributed by atoms with E-state index in [1.807, 2.05) is 24.3 Å². The first kappa shape index (κ1) is 17.0. The molecule has 1 N–H and O–H groups in total. The zero-order valence-corrected chi connectivity index (χ0v) is 14.3. The molecule has 0 spiro atoms. The summed E-state index contributed by atoms with van der Waals surface area (Å²) in [6, 6.07) is 9.50. The Kier molecular flexibility index (Phi) is 5.86. The first-order chi connectivity index (χ1) is 11.8. The van der Waals surface area contributed by atoms with Gasteiger partial charge in [0.1, 0.15) is 13.1 Å². The van der Waals surface area contributed by atoms with Gasteiger partial charge in [-0.05, 0) is 12.1 Å². The third kappa shape index (κ3) is 3.96. The van der Waals surface area contributed by atoms with Crippen LogP contribution in [0.4, 0.5) is 0 Å². The van der Waals surface area contributed by atoms with E-state index in [4.69, 9.17) is 10.00 Å². The molecule has 3 rings (SSSR count). The molecule has 0 saturated carbocycles. The summed E-state index contributed by atoms with van der Waals surface area (Å²) in [5.74, 6) is 0.291. The molecule has 6 nitrogen and oxygen atoms in total. The summed E-state index contributed by atoms with van der Waals surface area (Å²) in [5.41, 5.74) is 0.677. The molecule has 0 atom stereocenters. The van der Waals surface area contributed by atoms with Gasteiger partial charge in [-0.3, -0.25) is 9.36 Å². The average Bonchev–Trinajstić information content (AvgIpc) is 2.63. The Morgan fingerprint density at radius 3 is 2.92 bits per heavy atom. The van der Waals surface area contributed by atoms with Gasteiger partial charge in [-0.2, -0.15) is 5.26 Å². The van der Waals surface area contributed by atoms with Gasteiger partial charge in [-0.25, -0.2) is 4.98 Å². The molecular weight excluding hydrogens is 324 g/mol. The minimum atomic E-state index is -0.0157. The Labute approximate surface area is 145 Å². The van der Waals surface area contributed by atoms with Gasteiger partial charge in [0.15, 0.2) is 5.16 Å². The van der Waals surface area contributed by atoms with E-state index in [1.54, 1.807) is 4.57 Å². The number of rotatable bonds is 6. The van der Waals surface area contributed by atoms with Gasteiger partial charge in [0.2, 0.25) is 0 Å². The minimum Gasteiger partial charge on any atom is -0.370 e. The van der Waals surface area contributed by atoms with E-state index < -0.39 is 0 Å². The minimum absolute atomic E-state index is 0.0157. The van der Waals surface area contributed by atoms with Crippen LogP contribution in [-0.4, -0.2) is 48.2 Å². The van der Waals surface area contributed by atoms with E-state index in [2.05, 4.69) is 11.1 Å². The number of nitrogens with one attached hydrogen (secondary N) is 1. The first-order valence-corrected chi connectivity index (χ1v) is 9.19. The predicted molar refractivity (Wildman–Crippen MR) is 93.3 cm³/mol. The highest BCUT2D eigenvalue weighted by Crippen LogP contribution is 2.17. The molecule has 2 aromatic rings. The molecule has 1 saturated heterocycles. The maximum Gasteiger partial charge on any atom is 0.262 e. The molecule has 2 heterocycles. The molecule has 0 radical (unpaired) electrons.